The number of piperidine rings is 1. The van der Waals surface area contributed by atoms with Crippen LogP contribution in [0.15, 0.2) is 24.4 Å². The fourth-order valence-corrected chi connectivity index (χ4v) is 2.68. The van der Waals surface area contributed by atoms with Crippen LogP contribution in [0.3, 0.4) is 0 Å². The Balaban J connectivity index is 1.74. The minimum absolute atomic E-state index is 0.0931. The highest BCUT2D eigenvalue weighted by Crippen LogP contribution is 2.12. The summed E-state index contributed by atoms with van der Waals surface area (Å²) in [5, 5.41) is 5.57. The summed E-state index contributed by atoms with van der Waals surface area (Å²) < 4.78 is 1.91. The van der Waals surface area contributed by atoms with Crippen LogP contribution in [0.5, 0.6) is 0 Å². The van der Waals surface area contributed by atoms with Crippen LogP contribution in [0, 0.1) is 6.92 Å². The molecule has 0 aromatic carbocycles. The summed E-state index contributed by atoms with van der Waals surface area (Å²) >= 11 is 0. The van der Waals surface area contributed by atoms with E-state index in [1.54, 1.807) is 0 Å². The second-order valence-corrected chi connectivity index (χ2v) is 5.30. The summed E-state index contributed by atoms with van der Waals surface area (Å²) in [5.74, 6) is -0.240. The zero-order valence-corrected chi connectivity index (χ0v) is 11.9. The molecule has 6 heteroatoms. The van der Waals surface area contributed by atoms with E-state index in [9.17, 15) is 9.59 Å². The highest BCUT2D eigenvalue weighted by Gasteiger charge is 2.24. The highest BCUT2D eigenvalue weighted by atomic mass is 16.2. The van der Waals surface area contributed by atoms with Gasteiger partial charge in [-0.25, -0.2) is 4.98 Å². The van der Waals surface area contributed by atoms with Gasteiger partial charge >= 0.3 is 0 Å². The van der Waals surface area contributed by atoms with E-state index in [0.29, 0.717) is 13.0 Å². The molecular weight excluding hydrogens is 268 g/mol. The van der Waals surface area contributed by atoms with Crippen LogP contribution in [-0.2, 0) is 16.0 Å². The molecule has 1 aliphatic heterocycles. The number of pyridine rings is 1. The first kappa shape index (κ1) is 13.6. The van der Waals surface area contributed by atoms with Crippen molar-refractivity contribution in [3.05, 3.63) is 35.8 Å². The van der Waals surface area contributed by atoms with Crippen molar-refractivity contribution < 1.29 is 9.59 Å². The Bertz CT molecular complexity index is 692. The molecule has 1 atom stereocenters. The molecule has 21 heavy (non-hydrogen) atoms. The van der Waals surface area contributed by atoms with Gasteiger partial charge in [-0.15, -0.1) is 0 Å². The fourth-order valence-electron chi connectivity index (χ4n) is 2.68. The van der Waals surface area contributed by atoms with Gasteiger partial charge in [-0.05, 0) is 31.9 Å². The maximum absolute atomic E-state index is 12.2. The van der Waals surface area contributed by atoms with Gasteiger partial charge in [-0.1, -0.05) is 6.07 Å². The van der Waals surface area contributed by atoms with Crippen LogP contribution in [-0.4, -0.2) is 33.8 Å². The molecule has 0 unspecified atom stereocenters. The molecule has 0 saturated carbocycles. The van der Waals surface area contributed by atoms with E-state index in [4.69, 9.17) is 0 Å². The Kier molecular flexibility index (Phi) is 3.60. The Morgan fingerprint density at radius 1 is 1.52 bits per heavy atom. The van der Waals surface area contributed by atoms with Crippen LogP contribution in [0.2, 0.25) is 0 Å². The first-order valence-electron chi connectivity index (χ1n) is 7.15. The lowest BCUT2D eigenvalue weighted by atomic mass is 10.1. The average Bonchev–Trinajstić information content (AvgIpc) is 2.78. The van der Waals surface area contributed by atoms with Gasteiger partial charge in [0.1, 0.15) is 11.7 Å². The molecule has 1 fully saturated rings. The third-order valence-corrected chi connectivity index (χ3v) is 3.78. The SMILES string of the molecule is Cc1nc2ccccn2c1CC(=O)N[C@@H]1CCCNC1=O. The number of rotatable bonds is 3. The zero-order chi connectivity index (χ0) is 14.8. The molecule has 0 aliphatic carbocycles. The predicted octanol–water partition coefficient (Wildman–Crippen LogP) is 0.580. The normalized spacial score (nSPS) is 18.5. The molecule has 1 aliphatic rings. The number of carbonyl (C=O) groups excluding carboxylic acids is 2. The minimum Gasteiger partial charge on any atom is -0.354 e. The lowest BCUT2D eigenvalue weighted by Crippen LogP contribution is -2.50. The lowest BCUT2D eigenvalue weighted by molar-refractivity contribution is -0.129. The fraction of sp³-hybridized carbons (Fsp3) is 0.400. The van der Waals surface area contributed by atoms with Crippen LogP contribution in [0.4, 0.5) is 0 Å². The van der Waals surface area contributed by atoms with Gasteiger partial charge in [-0.3, -0.25) is 9.59 Å². The van der Waals surface area contributed by atoms with E-state index in [0.717, 1.165) is 23.5 Å². The Morgan fingerprint density at radius 2 is 2.38 bits per heavy atom. The molecule has 0 radical (unpaired) electrons. The molecular formula is C15H18N4O2. The summed E-state index contributed by atoms with van der Waals surface area (Å²) in [6, 6.07) is 5.32. The van der Waals surface area contributed by atoms with Crippen molar-refractivity contribution in [1.29, 1.82) is 0 Å². The molecule has 0 spiro atoms. The monoisotopic (exact) mass is 286 g/mol. The molecule has 2 N–H and O–H groups in total. The molecule has 0 bridgehead atoms. The van der Waals surface area contributed by atoms with Gasteiger partial charge < -0.3 is 15.0 Å². The smallest absolute Gasteiger partial charge is 0.242 e. The van der Waals surface area contributed by atoms with Crippen LogP contribution < -0.4 is 10.6 Å². The van der Waals surface area contributed by atoms with E-state index in [1.165, 1.54) is 0 Å². The van der Waals surface area contributed by atoms with Crippen molar-refractivity contribution in [2.75, 3.05) is 6.54 Å². The minimum atomic E-state index is -0.411. The number of amides is 2. The van der Waals surface area contributed by atoms with Crippen molar-refractivity contribution in [3.8, 4) is 0 Å². The summed E-state index contributed by atoms with van der Waals surface area (Å²) in [7, 11) is 0. The maximum atomic E-state index is 12.2. The number of imidazole rings is 1. The van der Waals surface area contributed by atoms with E-state index >= 15 is 0 Å². The predicted molar refractivity (Wildman–Crippen MR) is 77.8 cm³/mol. The van der Waals surface area contributed by atoms with Gasteiger partial charge in [0.2, 0.25) is 11.8 Å². The quantitative estimate of drug-likeness (QED) is 0.866. The number of aromatic nitrogens is 2. The highest BCUT2D eigenvalue weighted by molar-refractivity contribution is 5.88. The van der Waals surface area contributed by atoms with Gasteiger partial charge in [-0.2, -0.15) is 0 Å². The van der Waals surface area contributed by atoms with Gasteiger partial charge in [0, 0.05) is 12.7 Å². The molecule has 2 amide bonds. The van der Waals surface area contributed by atoms with Crippen molar-refractivity contribution in [1.82, 2.24) is 20.0 Å². The Hall–Kier alpha value is -2.37. The second kappa shape index (κ2) is 5.55. The molecule has 110 valence electrons. The summed E-state index contributed by atoms with van der Waals surface area (Å²) in [4.78, 5) is 28.3. The summed E-state index contributed by atoms with van der Waals surface area (Å²) in [6.07, 6.45) is 3.71. The van der Waals surface area contributed by atoms with Gasteiger partial charge in [0.15, 0.2) is 0 Å². The Morgan fingerprint density at radius 3 is 3.19 bits per heavy atom. The standard InChI is InChI=1S/C15H18N4O2/c1-10-12(19-8-3-2-6-13(19)17-10)9-14(20)18-11-5-4-7-16-15(11)21/h2-3,6,8,11H,4-5,7,9H2,1H3,(H,16,21)(H,18,20)/t11-/m1/s1. The average molecular weight is 286 g/mol. The summed E-state index contributed by atoms with van der Waals surface area (Å²) in [6.45, 7) is 2.58. The number of nitrogens with zero attached hydrogens (tertiary/aromatic N) is 2. The second-order valence-electron chi connectivity index (χ2n) is 5.30. The molecule has 6 nitrogen and oxygen atoms in total. The lowest BCUT2D eigenvalue weighted by Gasteiger charge is -2.22. The number of nitrogens with one attached hydrogen (secondary N) is 2. The number of fused-ring (bicyclic) bond motifs is 1. The van der Waals surface area contributed by atoms with Crippen molar-refractivity contribution in [2.45, 2.75) is 32.2 Å². The van der Waals surface area contributed by atoms with E-state index < -0.39 is 6.04 Å². The number of carbonyl (C=O) groups is 2. The molecule has 2 aromatic rings. The van der Waals surface area contributed by atoms with E-state index in [-0.39, 0.29) is 18.2 Å². The largest absolute Gasteiger partial charge is 0.354 e. The van der Waals surface area contributed by atoms with Crippen LogP contribution >= 0.6 is 0 Å². The van der Waals surface area contributed by atoms with Crippen molar-refractivity contribution >= 4 is 17.5 Å². The zero-order valence-electron chi connectivity index (χ0n) is 11.9. The van der Waals surface area contributed by atoms with Crippen molar-refractivity contribution in [3.63, 3.8) is 0 Å². The van der Waals surface area contributed by atoms with Crippen molar-refractivity contribution in [2.24, 2.45) is 0 Å². The number of hydrogen-bond donors (Lipinski definition) is 2. The maximum Gasteiger partial charge on any atom is 0.242 e. The molecule has 3 rings (SSSR count). The molecule has 2 aromatic heterocycles. The Labute approximate surface area is 122 Å². The third kappa shape index (κ3) is 2.74. The summed E-state index contributed by atoms with van der Waals surface area (Å²) in [5.41, 5.74) is 2.52. The van der Waals surface area contributed by atoms with Crippen LogP contribution in [0.1, 0.15) is 24.2 Å². The van der Waals surface area contributed by atoms with Gasteiger partial charge in [0.25, 0.3) is 0 Å². The first-order chi connectivity index (χ1) is 10.1. The first-order valence-corrected chi connectivity index (χ1v) is 7.15. The van der Waals surface area contributed by atoms with E-state index in [1.807, 2.05) is 35.7 Å². The third-order valence-electron chi connectivity index (χ3n) is 3.78. The topological polar surface area (TPSA) is 75.5 Å². The van der Waals surface area contributed by atoms with Gasteiger partial charge in [0.05, 0.1) is 17.8 Å². The number of hydrogen-bond acceptors (Lipinski definition) is 3. The van der Waals surface area contributed by atoms with E-state index in [2.05, 4.69) is 15.6 Å². The van der Waals surface area contributed by atoms with Crippen LogP contribution in [0.25, 0.3) is 5.65 Å². The molecule has 1 saturated heterocycles. The number of aryl methyl sites for hydroxylation is 1. The molecule has 3 heterocycles.